The average molecular weight is 1590 g/mol. The van der Waals surface area contributed by atoms with Crippen LogP contribution in [0.5, 0.6) is 11.5 Å². The van der Waals surface area contributed by atoms with Crippen LogP contribution in [0.1, 0.15) is 62.9 Å². The van der Waals surface area contributed by atoms with E-state index >= 15 is 9.59 Å². The molecule has 0 radical (unpaired) electrons. The van der Waals surface area contributed by atoms with Crippen molar-refractivity contribution in [1.29, 1.82) is 0 Å². The van der Waals surface area contributed by atoms with Gasteiger partial charge in [0.25, 0.3) is 17.1 Å². The lowest BCUT2D eigenvalue weighted by molar-refractivity contribution is -0.147. The Labute approximate surface area is 643 Å². The Morgan fingerprint density at radius 1 is 0.685 bits per heavy atom. The summed E-state index contributed by atoms with van der Waals surface area (Å²) in [6.45, 7) is 10.0. The van der Waals surface area contributed by atoms with Gasteiger partial charge in [-0.1, -0.05) is 98.2 Å². The fourth-order valence-corrected chi connectivity index (χ4v) is 14.5. The van der Waals surface area contributed by atoms with Crippen LogP contribution in [0.25, 0.3) is 32.3 Å². The Kier molecular flexibility index (Phi) is 29.5. The first-order valence-corrected chi connectivity index (χ1v) is 37.8. The normalized spacial score (nSPS) is 24.8. The molecule has 4 fully saturated rings. The molecule has 602 valence electrons. The molecule has 8 amide bonds. The van der Waals surface area contributed by atoms with E-state index in [-0.39, 0.29) is 36.5 Å². The maximum atomic E-state index is 15.4. The molecule has 4 aliphatic rings. The summed E-state index contributed by atoms with van der Waals surface area (Å²) in [5.74, 6) is -11.1. The highest BCUT2D eigenvalue weighted by molar-refractivity contribution is 8.15. The summed E-state index contributed by atoms with van der Waals surface area (Å²) in [4.78, 5) is 135. The molecule has 38 heteroatoms. The van der Waals surface area contributed by atoms with Crippen LogP contribution in [0.3, 0.4) is 0 Å². The van der Waals surface area contributed by atoms with Crippen LogP contribution in [0.2, 0.25) is 0 Å². The first-order chi connectivity index (χ1) is 52.8. The van der Waals surface area contributed by atoms with Crippen LogP contribution < -0.4 is 40.4 Å². The smallest absolute Gasteiger partial charge is 0.445 e. The van der Waals surface area contributed by atoms with Crippen molar-refractivity contribution in [2.75, 3.05) is 70.6 Å². The van der Waals surface area contributed by atoms with Gasteiger partial charge in [-0.05, 0) is 80.3 Å². The molecular formula is C73H93N11O25S2. The van der Waals surface area contributed by atoms with Crippen LogP contribution in [0.15, 0.2) is 116 Å². The van der Waals surface area contributed by atoms with Crippen molar-refractivity contribution in [3.8, 4) is 43.8 Å². The average Bonchev–Trinajstić information content (AvgIpc) is 1.67. The molecule has 0 aliphatic carbocycles. The number of carbonyl (C=O) groups is 9. The summed E-state index contributed by atoms with van der Waals surface area (Å²) in [6, 6.07) is 11.4. The van der Waals surface area contributed by atoms with Gasteiger partial charge in [0.1, 0.15) is 59.5 Å². The maximum absolute atomic E-state index is 15.4. The minimum Gasteiger partial charge on any atom is -0.445 e. The molecule has 0 unspecified atom stereocenters. The third-order valence-corrected chi connectivity index (χ3v) is 20.4. The molecule has 0 bridgehead atoms. The molecule has 5 heterocycles. The molecular weight excluding hydrogens is 1490 g/mol. The van der Waals surface area contributed by atoms with Gasteiger partial charge in [0.05, 0.1) is 68.1 Å². The number of anilines is 1. The van der Waals surface area contributed by atoms with Gasteiger partial charge in [0.2, 0.25) is 35.4 Å². The van der Waals surface area contributed by atoms with Crippen molar-refractivity contribution in [3.05, 3.63) is 127 Å². The van der Waals surface area contributed by atoms with Gasteiger partial charge < -0.3 is 110 Å². The summed E-state index contributed by atoms with van der Waals surface area (Å²) < 4.78 is 55.6. The molecule has 36 nitrogen and oxygen atoms in total. The third-order valence-electron chi connectivity index (χ3n) is 18.9. The van der Waals surface area contributed by atoms with Gasteiger partial charge >= 0.3 is 12.2 Å². The van der Waals surface area contributed by atoms with Crippen LogP contribution in [-0.4, -0.2) is 290 Å². The fourth-order valence-electron chi connectivity index (χ4n) is 13.3. The molecule has 16 N–H and O–H groups in total. The summed E-state index contributed by atoms with van der Waals surface area (Å²) in [6.07, 6.45) is -14.3. The third kappa shape index (κ3) is 22.1. The number of morpholine rings is 1. The summed E-state index contributed by atoms with van der Waals surface area (Å²) >= 11 is -3.65. The number of amides is 8. The van der Waals surface area contributed by atoms with Gasteiger partial charge in [0, 0.05) is 86.8 Å². The Morgan fingerprint density at radius 2 is 1.26 bits per heavy atom. The molecule has 5 aromatic rings. The zero-order valence-corrected chi connectivity index (χ0v) is 62.6. The number of aliphatic hydroxyl groups is 8. The monoisotopic (exact) mass is 1590 g/mol. The van der Waals surface area contributed by atoms with Crippen molar-refractivity contribution in [2.45, 2.75) is 145 Å². The Hall–Kier alpha value is -9.78. The van der Waals surface area contributed by atoms with E-state index in [0.29, 0.717) is 15.6 Å². The van der Waals surface area contributed by atoms with Crippen molar-refractivity contribution in [1.82, 2.24) is 51.5 Å². The second kappa shape index (κ2) is 38.4. The number of hydrogen-bond donors (Lipinski definition) is 16. The predicted octanol–water partition coefficient (Wildman–Crippen LogP) is 0.688. The quantitative estimate of drug-likeness (QED) is 0.0229. The maximum Gasteiger partial charge on any atom is 0.514 e. The molecule has 0 saturated carbocycles. The molecule has 4 saturated heterocycles. The molecule has 9 rings (SSSR count). The minimum atomic E-state index is -4.93. The van der Waals surface area contributed by atoms with Crippen molar-refractivity contribution in [2.24, 2.45) is 5.92 Å². The first-order valence-electron chi connectivity index (χ1n) is 35.6. The topological polar surface area (TPSA) is 521 Å². The number of carbonyl (C=O) groups excluding carboxylic acids is 9. The lowest BCUT2D eigenvalue weighted by Crippen LogP contribution is -2.64. The Balaban J connectivity index is 1.01. The second-order valence-corrected chi connectivity index (χ2v) is 29.5. The fraction of sp³-hybridized carbons (Fsp3) is 0.466. The van der Waals surface area contributed by atoms with E-state index in [1.54, 1.807) is 12.1 Å². The number of nitrogens with one attached hydrogen (secondary N) is 5. The van der Waals surface area contributed by atoms with Gasteiger partial charge in [-0.3, -0.25) is 47.2 Å². The van der Waals surface area contributed by atoms with Crippen LogP contribution in [0.4, 0.5) is 15.3 Å². The SMILES string of the molecule is C=CCOC(=O)Oc1ccc(C[C@@H](O)[C@@H]2NC(=O)[C@@H]3C[C@@H](O)CN3C(=O)[C@H]([C@@H](C)O)NC(=O)[C@@H](NC(=O)c3ccc(-c4nnc(-c5ccc(-c6ccc(N7C[C@@H](C)O[C@@H](C)C7)cc6)cc5)s4)cc3)C[C@@H](O)CNC(=O)[C@@H]3[C@@H](O)[C@@H](C)CN3C(=O)[C@H]([C@H](O)CCN(C(=O)OCC=C)C(CO)CO)NC2=O)cc1OS(O)(O)O. The van der Waals surface area contributed by atoms with Crippen molar-refractivity contribution in [3.63, 3.8) is 0 Å². The highest BCUT2D eigenvalue weighted by atomic mass is 32.3. The molecule has 4 aliphatic heterocycles. The number of β-amino-alcohol motifs (C(OH)–C–C–N with tert-alkyl or cyclic N) is 1. The van der Waals surface area contributed by atoms with Gasteiger partial charge in [-0.15, -0.1) is 10.2 Å². The van der Waals surface area contributed by atoms with Crippen LogP contribution >= 0.6 is 22.5 Å². The number of nitrogens with zero attached hydrogens (tertiary/aromatic N) is 6. The highest BCUT2D eigenvalue weighted by Crippen LogP contribution is 2.42. The van der Waals surface area contributed by atoms with Crippen molar-refractivity contribution >= 4 is 81.8 Å². The lowest BCUT2D eigenvalue weighted by atomic mass is 9.98. The Morgan fingerprint density at radius 3 is 1.86 bits per heavy atom. The number of benzene rings is 4. The number of hydrogen-bond acceptors (Lipinski definition) is 29. The zero-order valence-electron chi connectivity index (χ0n) is 61.0. The van der Waals surface area contributed by atoms with Crippen LogP contribution in [0, 0.1) is 5.92 Å². The van der Waals surface area contributed by atoms with Gasteiger partial charge in [0.15, 0.2) is 11.5 Å². The van der Waals surface area contributed by atoms with E-state index in [0.717, 1.165) is 75.3 Å². The molecule has 111 heavy (non-hydrogen) atoms. The van der Waals surface area contributed by atoms with Gasteiger partial charge in [-0.25, -0.2) is 9.59 Å². The number of rotatable bonds is 24. The van der Waals surface area contributed by atoms with E-state index in [4.69, 9.17) is 23.1 Å². The molecule has 0 spiro atoms. The van der Waals surface area contributed by atoms with Gasteiger partial charge in [-0.2, -0.15) is 0 Å². The lowest BCUT2D eigenvalue weighted by Gasteiger charge is -2.36. The number of aliphatic hydroxyl groups excluding tert-OH is 8. The number of ether oxygens (including phenoxy) is 4. The van der Waals surface area contributed by atoms with E-state index < -0.39 is 226 Å². The standard InChI is InChI=1S/C73H93N11O25S2/c1-7-25-105-72(100)82(49(36-85)37-86)24-23-54(90)60-71(99)84-32-38(3)62(92)61(84)67(97)74-31-50(88)29-52(75-63(93)45-12-16-47(17-13-45)69-80-79-68(110-69)46-14-10-43(11-15-46)44-18-20-48(21-19-44)81-33-39(4)107-40(5)34-81)64(94)76-58(41(6)87)70(98)83-35-51(89)30-53(83)65(95)77-59(66(96)78-60)55(91)27-42-9-22-56(108-73(101)106-26-8-2)57(28-42)109-111(102,103)104/h7-22,28,38-41,49-55,58-62,85-92,102-104H,1-2,23-27,29-37H2,3-6H3,(H,74,97)(H,75,93)(H,76,94)(H,77,95)(H,78,96)/t38-,39-,40+,41+,50+,51+,52-,53-,54+,55+,58-,59-,60-,61-,62-/m0/s1. The Bertz CT molecular complexity index is 4100. The largest absolute Gasteiger partial charge is 0.514 e. The summed E-state index contributed by atoms with van der Waals surface area (Å²) in [5, 5.41) is 113. The molecule has 15 atom stereocenters. The van der Waals surface area contributed by atoms with E-state index in [2.05, 4.69) is 93.0 Å². The second-order valence-electron chi connectivity index (χ2n) is 27.4. The summed E-state index contributed by atoms with van der Waals surface area (Å²) in [7, 11) is 0. The number of aromatic nitrogens is 2. The van der Waals surface area contributed by atoms with E-state index in [1.807, 2.05) is 24.3 Å². The van der Waals surface area contributed by atoms with E-state index in [9.17, 15) is 88.1 Å². The highest BCUT2D eigenvalue weighted by Gasteiger charge is 2.50. The molecule has 4 aromatic carbocycles. The first kappa shape index (κ1) is 85.2. The van der Waals surface area contributed by atoms with Crippen molar-refractivity contribution < 1.29 is 121 Å². The van der Waals surface area contributed by atoms with Crippen LogP contribution in [-0.2, 0) is 49.4 Å². The number of fused-ring (bicyclic) bond motifs is 2. The van der Waals surface area contributed by atoms with E-state index in [1.165, 1.54) is 42.5 Å². The minimum absolute atomic E-state index is 0.0361. The zero-order chi connectivity index (χ0) is 80.7. The predicted molar refractivity (Wildman–Crippen MR) is 399 cm³/mol. The molecule has 1 aromatic heterocycles. The summed E-state index contributed by atoms with van der Waals surface area (Å²) in [5.41, 5.74) is 4.25.